The van der Waals surface area contributed by atoms with E-state index in [1.165, 1.54) is 0 Å². The number of hydrogen-bond donors (Lipinski definition) is 1. The minimum Gasteiger partial charge on any atom is -0.481 e. The van der Waals surface area contributed by atoms with Crippen molar-refractivity contribution in [1.29, 1.82) is 0 Å². The average molecular weight is 298 g/mol. The first kappa shape index (κ1) is 17.8. The van der Waals surface area contributed by atoms with Crippen molar-refractivity contribution in [3.63, 3.8) is 0 Å². The summed E-state index contributed by atoms with van der Waals surface area (Å²) in [6, 6.07) is 0.123. The molecule has 0 aromatic heterocycles. The Balaban J connectivity index is 2.48. The summed E-state index contributed by atoms with van der Waals surface area (Å²) < 4.78 is 0. The number of likely N-dealkylation sites (tertiary alicyclic amines) is 1. The lowest BCUT2D eigenvalue weighted by atomic mass is 9.94. The van der Waals surface area contributed by atoms with E-state index in [1.807, 2.05) is 16.7 Å². The molecule has 1 N–H and O–H groups in total. The van der Waals surface area contributed by atoms with E-state index in [-0.39, 0.29) is 18.4 Å². The zero-order chi connectivity index (χ0) is 15.8. The number of aliphatic carboxylic acids is 1. The van der Waals surface area contributed by atoms with Crippen molar-refractivity contribution < 1.29 is 14.7 Å². The molecule has 0 aliphatic carbocycles. The molecule has 2 amide bonds. The molecule has 5 heteroatoms. The van der Waals surface area contributed by atoms with E-state index < -0.39 is 5.97 Å². The maximum absolute atomic E-state index is 12.6. The van der Waals surface area contributed by atoms with E-state index in [2.05, 4.69) is 13.8 Å². The van der Waals surface area contributed by atoms with E-state index in [9.17, 15) is 9.59 Å². The minimum absolute atomic E-state index is 0.123. The van der Waals surface area contributed by atoms with Gasteiger partial charge in [0.1, 0.15) is 0 Å². The van der Waals surface area contributed by atoms with Crippen LogP contribution in [0.4, 0.5) is 4.79 Å². The summed E-state index contributed by atoms with van der Waals surface area (Å²) in [7, 11) is 0. The van der Waals surface area contributed by atoms with Gasteiger partial charge < -0.3 is 14.9 Å². The maximum atomic E-state index is 12.6. The summed E-state index contributed by atoms with van der Waals surface area (Å²) in [5.41, 5.74) is 0. The topological polar surface area (TPSA) is 60.9 Å². The molecule has 0 bridgehead atoms. The van der Waals surface area contributed by atoms with Crippen molar-refractivity contribution in [2.75, 3.05) is 26.2 Å². The van der Waals surface area contributed by atoms with Gasteiger partial charge in [-0.25, -0.2) is 4.79 Å². The van der Waals surface area contributed by atoms with Gasteiger partial charge in [-0.2, -0.15) is 0 Å². The molecular formula is C16H30N2O3. The minimum atomic E-state index is -0.733. The van der Waals surface area contributed by atoms with Crippen molar-refractivity contribution in [2.45, 2.75) is 52.9 Å². The van der Waals surface area contributed by atoms with Crippen LogP contribution >= 0.6 is 0 Å². The quantitative estimate of drug-likeness (QED) is 0.786. The highest BCUT2D eigenvalue weighted by Crippen LogP contribution is 2.22. The third kappa shape index (κ3) is 5.56. The summed E-state index contributed by atoms with van der Waals surface area (Å²) in [6.07, 6.45) is 4.04. The molecule has 122 valence electrons. The number of carboxylic acids is 1. The molecule has 0 atom stereocenters. The summed E-state index contributed by atoms with van der Waals surface area (Å²) in [4.78, 5) is 27.1. The SMILES string of the molecule is CCC(CC)CN(CC)C(=O)N1CCC(CC(=O)O)CC1. The van der Waals surface area contributed by atoms with Gasteiger partial charge in [0.25, 0.3) is 0 Å². The van der Waals surface area contributed by atoms with E-state index in [1.54, 1.807) is 0 Å². The molecule has 1 aliphatic rings. The molecule has 0 spiro atoms. The Morgan fingerprint density at radius 1 is 1.19 bits per heavy atom. The lowest BCUT2D eigenvalue weighted by Gasteiger charge is -2.36. The molecule has 0 aromatic rings. The predicted octanol–water partition coefficient (Wildman–Crippen LogP) is 3.05. The van der Waals surface area contributed by atoms with Crippen LogP contribution in [0, 0.1) is 11.8 Å². The number of carbonyl (C=O) groups excluding carboxylic acids is 1. The number of hydrogen-bond acceptors (Lipinski definition) is 2. The third-order valence-corrected chi connectivity index (χ3v) is 4.63. The van der Waals surface area contributed by atoms with Gasteiger partial charge in [0.15, 0.2) is 0 Å². The van der Waals surface area contributed by atoms with Crippen molar-refractivity contribution >= 4 is 12.0 Å². The summed E-state index contributed by atoms with van der Waals surface area (Å²) in [5, 5.41) is 8.83. The highest BCUT2D eigenvalue weighted by Gasteiger charge is 2.27. The Morgan fingerprint density at radius 3 is 2.19 bits per heavy atom. The van der Waals surface area contributed by atoms with Gasteiger partial charge in [0.05, 0.1) is 0 Å². The van der Waals surface area contributed by atoms with Gasteiger partial charge in [-0.05, 0) is 31.6 Å². The van der Waals surface area contributed by atoms with Crippen LogP contribution in [0.3, 0.4) is 0 Å². The number of urea groups is 1. The largest absolute Gasteiger partial charge is 0.481 e. The Hall–Kier alpha value is -1.26. The Morgan fingerprint density at radius 2 is 1.76 bits per heavy atom. The second-order valence-electron chi connectivity index (χ2n) is 6.03. The molecule has 0 unspecified atom stereocenters. The lowest BCUT2D eigenvalue weighted by molar-refractivity contribution is -0.138. The summed E-state index contributed by atoms with van der Waals surface area (Å²) in [5.74, 6) is 0.0582. The van der Waals surface area contributed by atoms with Gasteiger partial charge in [0, 0.05) is 32.6 Å². The number of rotatable bonds is 7. The monoisotopic (exact) mass is 298 g/mol. The predicted molar refractivity (Wildman–Crippen MR) is 83.3 cm³/mol. The van der Waals surface area contributed by atoms with E-state index in [4.69, 9.17) is 5.11 Å². The summed E-state index contributed by atoms with van der Waals surface area (Å²) in [6.45, 7) is 9.32. The van der Waals surface area contributed by atoms with Crippen molar-refractivity contribution in [1.82, 2.24) is 9.80 Å². The Labute approximate surface area is 128 Å². The molecule has 0 radical (unpaired) electrons. The second kappa shape index (κ2) is 8.90. The van der Waals surface area contributed by atoms with Crippen LogP contribution in [-0.4, -0.2) is 53.1 Å². The van der Waals surface area contributed by atoms with Crippen LogP contribution in [0.25, 0.3) is 0 Å². The standard InChI is InChI=1S/C16H30N2O3/c1-4-13(5-2)12-17(6-3)16(21)18-9-7-14(8-10-18)11-15(19)20/h13-14H,4-12H2,1-3H3,(H,19,20). The van der Waals surface area contributed by atoms with Crippen LogP contribution in [0.15, 0.2) is 0 Å². The first-order valence-corrected chi connectivity index (χ1v) is 8.27. The van der Waals surface area contributed by atoms with Crippen LogP contribution < -0.4 is 0 Å². The zero-order valence-corrected chi connectivity index (χ0v) is 13.7. The Kier molecular flexibility index (Phi) is 7.54. The number of amides is 2. The number of carbonyl (C=O) groups is 2. The van der Waals surface area contributed by atoms with Crippen LogP contribution in [0.1, 0.15) is 52.9 Å². The second-order valence-corrected chi connectivity index (χ2v) is 6.03. The van der Waals surface area contributed by atoms with Gasteiger partial charge in [0.2, 0.25) is 0 Å². The number of piperidine rings is 1. The molecule has 1 heterocycles. The van der Waals surface area contributed by atoms with E-state index >= 15 is 0 Å². The van der Waals surface area contributed by atoms with Crippen molar-refractivity contribution in [2.24, 2.45) is 11.8 Å². The lowest BCUT2D eigenvalue weighted by Crippen LogP contribution is -2.48. The fourth-order valence-corrected chi connectivity index (χ4v) is 2.98. The third-order valence-electron chi connectivity index (χ3n) is 4.63. The first-order chi connectivity index (χ1) is 10.0. The highest BCUT2D eigenvalue weighted by molar-refractivity contribution is 5.74. The molecule has 1 rings (SSSR count). The van der Waals surface area contributed by atoms with E-state index in [0.717, 1.165) is 38.8 Å². The normalized spacial score (nSPS) is 16.3. The average Bonchev–Trinajstić information content (AvgIpc) is 2.48. The first-order valence-electron chi connectivity index (χ1n) is 8.27. The molecule has 5 nitrogen and oxygen atoms in total. The molecule has 21 heavy (non-hydrogen) atoms. The fourth-order valence-electron chi connectivity index (χ4n) is 2.98. The zero-order valence-electron chi connectivity index (χ0n) is 13.7. The van der Waals surface area contributed by atoms with E-state index in [0.29, 0.717) is 19.0 Å². The van der Waals surface area contributed by atoms with Gasteiger partial charge >= 0.3 is 12.0 Å². The van der Waals surface area contributed by atoms with Crippen LogP contribution in [-0.2, 0) is 4.79 Å². The molecular weight excluding hydrogens is 268 g/mol. The van der Waals surface area contributed by atoms with Crippen molar-refractivity contribution in [3.05, 3.63) is 0 Å². The summed E-state index contributed by atoms with van der Waals surface area (Å²) >= 11 is 0. The molecule has 0 aromatic carbocycles. The highest BCUT2D eigenvalue weighted by atomic mass is 16.4. The molecule has 1 aliphatic heterocycles. The molecule has 1 fully saturated rings. The number of carboxylic acid groups (broad SMARTS) is 1. The Bertz CT molecular complexity index is 334. The number of nitrogens with zero attached hydrogens (tertiary/aromatic N) is 2. The molecule has 1 saturated heterocycles. The van der Waals surface area contributed by atoms with Gasteiger partial charge in [-0.15, -0.1) is 0 Å². The van der Waals surface area contributed by atoms with Gasteiger partial charge in [-0.1, -0.05) is 26.7 Å². The van der Waals surface area contributed by atoms with Crippen LogP contribution in [0.2, 0.25) is 0 Å². The smallest absolute Gasteiger partial charge is 0.319 e. The maximum Gasteiger partial charge on any atom is 0.319 e. The molecule has 0 saturated carbocycles. The van der Waals surface area contributed by atoms with Crippen molar-refractivity contribution in [3.8, 4) is 0 Å². The fraction of sp³-hybridized carbons (Fsp3) is 0.875. The van der Waals surface area contributed by atoms with Gasteiger partial charge in [-0.3, -0.25) is 4.79 Å². The van der Waals surface area contributed by atoms with Crippen LogP contribution in [0.5, 0.6) is 0 Å².